The molecular formula is C10H17N3O2S2. The smallest absolute Gasteiger partial charge is 0.238 e. The van der Waals surface area contributed by atoms with Crippen molar-refractivity contribution in [2.45, 2.75) is 17.9 Å². The minimum Gasteiger partial charge on any atom is -0.397 e. The number of primary sulfonamides is 1. The standard InChI is InChI=1S/C10H17N3O2S2/c1-7(6-16-2)13-10-4-3-8(5-9(10)11)17(12,14)15/h3-5,7,13H,6,11H2,1-2H3,(H2,12,14,15). The van der Waals surface area contributed by atoms with Gasteiger partial charge in [-0.3, -0.25) is 0 Å². The minimum atomic E-state index is -3.69. The van der Waals surface area contributed by atoms with Gasteiger partial charge in [-0.15, -0.1) is 0 Å². The molecule has 0 heterocycles. The minimum absolute atomic E-state index is 0.0260. The fourth-order valence-corrected chi connectivity index (χ4v) is 2.54. The van der Waals surface area contributed by atoms with Crippen molar-refractivity contribution in [3.63, 3.8) is 0 Å². The Morgan fingerprint density at radius 3 is 2.59 bits per heavy atom. The number of rotatable bonds is 5. The van der Waals surface area contributed by atoms with Gasteiger partial charge in [0.05, 0.1) is 16.3 Å². The summed E-state index contributed by atoms with van der Waals surface area (Å²) < 4.78 is 22.2. The second-order valence-electron chi connectivity index (χ2n) is 3.79. The number of nitrogen functional groups attached to an aromatic ring is 1. The average molecular weight is 275 g/mol. The molecular weight excluding hydrogens is 258 g/mol. The van der Waals surface area contributed by atoms with Gasteiger partial charge in [-0.2, -0.15) is 11.8 Å². The zero-order chi connectivity index (χ0) is 13.1. The quantitative estimate of drug-likeness (QED) is 0.698. The topological polar surface area (TPSA) is 98.2 Å². The van der Waals surface area contributed by atoms with Gasteiger partial charge < -0.3 is 11.1 Å². The Hall–Kier alpha value is -0.920. The van der Waals surface area contributed by atoms with Crippen molar-refractivity contribution < 1.29 is 8.42 Å². The predicted octanol–water partition coefficient (Wildman–Crippen LogP) is 1.08. The van der Waals surface area contributed by atoms with E-state index in [1.54, 1.807) is 17.8 Å². The number of hydrogen-bond acceptors (Lipinski definition) is 5. The molecule has 0 fully saturated rings. The van der Waals surface area contributed by atoms with Crippen molar-refractivity contribution in [3.05, 3.63) is 18.2 Å². The SMILES string of the molecule is CSCC(C)Nc1ccc(S(N)(=O)=O)cc1N. The summed E-state index contributed by atoms with van der Waals surface area (Å²) in [7, 11) is -3.69. The van der Waals surface area contributed by atoms with Crippen LogP contribution in [0.25, 0.3) is 0 Å². The third-order valence-electron chi connectivity index (χ3n) is 2.17. The van der Waals surface area contributed by atoms with E-state index in [9.17, 15) is 8.42 Å². The maximum atomic E-state index is 11.1. The van der Waals surface area contributed by atoms with Gasteiger partial charge in [-0.1, -0.05) is 0 Å². The van der Waals surface area contributed by atoms with Crippen molar-refractivity contribution in [2.24, 2.45) is 5.14 Å². The summed E-state index contributed by atoms with van der Waals surface area (Å²) in [6.45, 7) is 2.03. The lowest BCUT2D eigenvalue weighted by molar-refractivity contribution is 0.598. The number of hydrogen-bond donors (Lipinski definition) is 3. The molecule has 0 radical (unpaired) electrons. The van der Waals surface area contributed by atoms with Crippen LogP contribution in [0, 0.1) is 0 Å². The first-order valence-electron chi connectivity index (χ1n) is 5.02. The highest BCUT2D eigenvalue weighted by molar-refractivity contribution is 7.98. The van der Waals surface area contributed by atoms with Crippen molar-refractivity contribution in [2.75, 3.05) is 23.1 Å². The summed E-state index contributed by atoms with van der Waals surface area (Å²) in [4.78, 5) is 0.0260. The van der Waals surface area contributed by atoms with E-state index >= 15 is 0 Å². The molecule has 1 unspecified atom stereocenters. The highest BCUT2D eigenvalue weighted by atomic mass is 32.2. The zero-order valence-corrected chi connectivity index (χ0v) is 11.4. The number of benzene rings is 1. The summed E-state index contributed by atoms with van der Waals surface area (Å²) in [6.07, 6.45) is 2.02. The molecule has 0 aromatic heterocycles. The molecule has 1 aromatic rings. The monoisotopic (exact) mass is 275 g/mol. The van der Waals surface area contributed by atoms with Gasteiger partial charge in [0, 0.05) is 11.8 Å². The van der Waals surface area contributed by atoms with E-state index in [0.29, 0.717) is 5.69 Å². The lowest BCUT2D eigenvalue weighted by Gasteiger charge is -2.16. The Morgan fingerprint density at radius 1 is 1.47 bits per heavy atom. The summed E-state index contributed by atoms with van der Waals surface area (Å²) in [5, 5.41) is 8.23. The Morgan fingerprint density at radius 2 is 2.12 bits per heavy atom. The molecule has 0 saturated heterocycles. The molecule has 0 aliphatic rings. The van der Waals surface area contributed by atoms with Crippen LogP contribution in [0.5, 0.6) is 0 Å². The largest absolute Gasteiger partial charge is 0.397 e. The molecule has 17 heavy (non-hydrogen) atoms. The predicted molar refractivity (Wildman–Crippen MR) is 73.7 cm³/mol. The first-order chi connectivity index (χ1) is 7.84. The summed E-state index contributed by atoms with van der Waals surface area (Å²) in [5.74, 6) is 0.941. The first-order valence-corrected chi connectivity index (χ1v) is 7.96. The number of nitrogens with one attached hydrogen (secondary N) is 1. The van der Waals surface area contributed by atoms with E-state index in [1.807, 2.05) is 13.2 Å². The molecule has 0 aliphatic carbocycles. The van der Waals surface area contributed by atoms with Crippen LogP contribution in [0.15, 0.2) is 23.1 Å². The van der Waals surface area contributed by atoms with Gasteiger partial charge in [0.1, 0.15) is 0 Å². The van der Waals surface area contributed by atoms with Crippen LogP contribution < -0.4 is 16.2 Å². The molecule has 0 saturated carbocycles. The Labute approximate surface area is 106 Å². The second-order valence-corrected chi connectivity index (χ2v) is 6.27. The molecule has 7 heteroatoms. The van der Waals surface area contributed by atoms with Gasteiger partial charge in [-0.25, -0.2) is 13.6 Å². The first kappa shape index (κ1) is 14.1. The van der Waals surface area contributed by atoms with E-state index in [-0.39, 0.29) is 10.9 Å². The van der Waals surface area contributed by atoms with E-state index in [2.05, 4.69) is 5.32 Å². The number of sulfonamides is 1. The molecule has 5 nitrogen and oxygen atoms in total. The normalized spacial score (nSPS) is 13.4. The maximum Gasteiger partial charge on any atom is 0.238 e. The second kappa shape index (κ2) is 5.61. The lowest BCUT2D eigenvalue weighted by Crippen LogP contribution is -2.19. The van der Waals surface area contributed by atoms with E-state index in [4.69, 9.17) is 10.9 Å². The molecule has 1 aromatic carbocycles. The van der Waals surface area contributed by atoms with Crippen LogP contribution >= 0.6 is 11.8 Å². The average Bonchev–Trinajstić information content (AvgIpc) is 2.20. The fourth-order valence-electron chi connectivity index (χ4n) is 1.41. The van der Waals surface area contributed by atoms with Crippen LogP contribution in [0.1, 0.15) is 6.92 Å². The molecule has 0 bridgehead atoms. The zero-order valence-electron chi connectivity index (χ0n) is 9.80. The number of thioether (sulfide) groups is 1. The Bertz CT molecular complexity index is 488. The lowest BCUT2D eigenvalue weighted by atomic mass is 10.2. The summed E-state index contributed by atoms with van der Waals surface area (Å²) >= 11 is 1.72. The molecule has 5 N–H and O–H groups in total. The van der Waals surface area contributed by atoms with Crippen LogP contribution in [0.2, 0.25) is 0 Å². The Kier molecular flexibility index (Phi) is 4.67. The summed E-state index contributed by atoms with van der Waals surface area (Å²) in [5.41, 5.74) is 6.87. The number of nitrogens with two attached hydrogens (primary N) is 2. The van der Waals surface area contributed by atoms with Crippen molar-refractivity contribution in [1.29, 1.82) is 0 Å². The van der Waals surface area contributed by atoms with Crippen molar-refractivity contribution in [3.8, 4) is 0 Å². The van der Waals surface area contributed by atoms with Gasteiger partial charge in [0.25, 0.3) is 0 Å². The third-order valence-corrected chi connectivity index (χ3v) is 3.91. The fraction of sp³-hybridized carbons (Fsp3) is 0.400. The van der Waals surface area contributed by atoms with Crippen LogP contribution in [0.3, 0.4) is 0 Å². The molecule has 96 valence electrons. The number of anilines is 2. The molecule has 1 atom stereocenters. The molecule has 0 spiro atoms. The maximum absolute atomic E-state index is 11.1. The van der Waals surface area contributed by atoms with Gasteiger partial charge >= 0.3 is 0 Å². The summed E-state index contributed by atoms with van der Waals surface area (Å²) in [6, 6.07) is 4.70. The van der Waals surface area contributed by atoms with Gasteiger partial charge in [-0.05, 0) is 31.4 Å². The highest BCUT2D eigenvalue weighted by Gasteiger charge is 2.11. The van der Waals surface area contributed by atoms with Crippen molar-refractivity contribution in [1.82, 2.24) is 0 Å². The van der Waals surface area contributed by atoms with Crippen LogP contribution in [-0.2, 0) is 10.0 Å². The van der Waals surface area contributed by atoms with Crippen LogP contribution in [0.4, 0.5) is 11.4 Å². The molecule has 0 amide bonds. The van der Waals surface area contributed by atoms with Gasteiger partial charge in [0.15, 0.2) is 0 Å². The molecule has 1 rings (SSSR count). The highest BCUT2D eigenvalue weighted by Crippen LogP contribution is 2.22. The molecule has 0 aliphatic heterocycles. The van der Waals surface area contributed by atoms with E-state index < -0.39 is 10.0 Å². The van der Waals surface area contributed by atoms with Crippen LogP contribution in [-0.4, -0.2) is 26.5 Å². The van der Waals surface area contributed by atoms with Crippen molar-refractivity contribution >= 4 is 33.2 Å². The van der Waals surface area contributed by atoms with E-state index in [0.717, 1.165) is 11.4 Å². The van der Waals surface area contributed by atoms with Gasteiger partial charge in [0.2, 0.25) is 10.0 Å². The third kappa shape index (κ3) is 4.10. The van der Waals surface area contributed by atoms with E-state index in [1.165, 1.54) is 12.1 Å². The Balaban J connectivity index is 2.91.